The predicted octanol–water partition coefficient (Wildman–Crippen LogP) is -0.488. The average molecular weight is 277 g/mol. The molecule has 18 heavy (non-hydrogen) atoms. The van der Waals surface area contributed by atoms with E-state index in [1.54, 1.807) is 4.90 Å². The van der Waals surface area contributed by atoms with Crippen LogP contribution in [-0.2, 0) is 14.8 Å². The van der Waals surface area contributed by atoms with Crippen molar-refractivity contribution in [1.82, 2.24) is 9.62 Å². The average Bonchev–Trinajstić information content (AvgIpc) is 2.34. The summed E-state index contributed by atoms with van der Waals surface area (Å²) in [6.07, 6.45) is 3.61. The first kappa shape index (κ1) is 15.4. The van der Waals surface area contributed by atoms with Gasteiger partial charge >= 0.3 is 0 Å². The number of nitrogens with one attached hydrogen (secondary N) is 1. The van der Waals surface area contributed by atoms with Crippen LogP contribution in [0.25, 0.3) is 0 Å². The molecular formula is C11H23N3O3S. The number of carbonyl (C=O) groups excluding carboxylic acids is 1. The van der Waals surface area contributed by atoms with Gasteiger partial charge in [0.05, 0.1) is 12.3 Å². The standard InChI is InChI=1S/C11H23N3O3S/c1-3-10(12)11(15)14-6-4-5-9(8-14)7-13-18(2,16)17/h9-10,13H,3-8,12H2,1-2H3/t9?,10-/m0/s1. The molecule has 0 spiro atoms. The fourth-order valence-corrected chi connectivity index (χ4v) is 2.65. The zero-order valence-corrected chi connectivity index (χ0v) is 11.9. The molecule has 1 rings (SSSR count). The minimum atomic E-state index is -3.16. The Morgan fingerprint density at radius 1 is 1.56 bits per heavy atom. The van der Waals surface area contributed by atoms with Gasteiger partial charge in [0.2, 0.25) is 15.9 Å². The lowest BCUT2D eigenvalue weighted by Crippen LogP contribution is -2.49. The van der Waals surface area contributed by atoms with Crippen molar-refractivity contribution in [3.05, 3.63) is 0 Å². The van der Waals surface area contributed by atoms with Gasteiger partial charge in [0, 0.05) is 19.6 Å². The molecule has 1 heterocycles. The molecule has 0 aromatic carbocycles. The first-order chi connectivity index (χ1) is 8.33. The van der Waals surface area contributed by atoms with E-state index >= 15 is 0 Å². The van der Waals surface area contributed by atoms with Crippen molar-refractivity contribution in [2.45, 2.75) is 32.2 Å². The third kappa shape index (κ3) is 4.91. The number of piperidine rings is 1. The zero-order valence-electron chi connectivity index (χ0n) is 11.1. The van der Waals surface area contributed by atoms with Gasteiger partial charge in [-0.3, -0.25) is 4.79 Å². The van der Waals surface area contributed by atoms with E-state index in [-0.39, 0.29) is 11.8 Å². The lowest BCUT2D eigenvalue weighted by atomic mass is 9.97. The van der Waals surface area contributed by atoms with Gasteiger partial charge < -0.3 is 10.6 Å². The quantitative estimate of drug-likeness (QED) is 0.709. The normalized spacial score (nSPS) is 22.8. The van der Waals surface area contributed by atoms with Gasteiger partial charge in [-0.05, 0) is 25.2 Å². The highest BCUT2D eigenvalue weighted by Crippen LogP contribution is 2.16. The Morgan fingerprint density at radius 3 is 2.78 bits per heavy atom. The molecule has 1 aliphatic heterocycles. The highest BCUT2D eigenvalue weighted by Gasteiger charge is 2.26. The molecule has 1 unspecified atom stereocenters. The zero-order chi connectivity index (χ0) is 13.8. The van der Waals surface area contributed by atoms with Crippen molar-refractivity contribution >= 4 is 15.9 Å². The van der Waals surface area contributed by atoms with Gasteiger partial charge in [-0.25, -0.2) is 13.1 Å². The second-order valence-corrected chi connectivity index (χ2v) is 6.76. The number of likely N-dealkylation sites (tertiary alicyclic amines) is 1. The van der Waals surface area contributed by atoms with E-state index in [2.05, 4.69) is 4.72 Å². The van der Waals surface area contributed by atoms with Crippen LogP contribution in [0.2, 0.25) is 0 Å². The Labute approximate surface area is 109 Å². The summed E-state index contributed by atoms with van der Waals surface area (Å²) >= 11 is 0. The summed E-state index contributed by atoms with van der Waals surface area (Å²) in [6.45, 7) is 3.59. The highest BCUT2D eigenvalue weighted by molar-refractivity contribution is 7.88. The number of nitrogens with two attached hydrogens (primary N) is 1. The lowest BCUT2D eigenvalue weighted by Gasteiger charge is -2.34. The number of sulfonamides is 1. The third-order valence-corrected chi connectivity index (χ3v) is 3.91. The monoisotopic (exact) mass is 277 g/mol. The first-order valence-electron chi connectivity index (χ1n) is 6.32. The van der Waals surface area contributed by atoms with Gasteiger partial charge in [0.1, 0.15) is 0 Å². The lowest BCUT2D eigenvalue weighted by molar-refractivity contribution is -0.134. The predicted molar refractivity (Wildman–Crippen MR) is 70.4 cm³/mol. The molecule has 6 nitrogen and oxygen atoms in total. The van der Waals surface area contributed by atoms with Crippen molar-refractivity contribution in [2.24, 2.45) is 11.7 Å². The second-order valence-electron chi connectivity index (χ2n) is 4.93. The van der Waals surface area contributed by atoms with Crippen LogP contribution in [0.5, 0.6) is 0 Å². The van der Waals surface area contributed by atoms with E-state index in [0.717, 1.165) is 25.6 Å². The molecule has 1 fully saturated rings. The molecule has 0 saturated carbocycles. The molecule has 3 N–H and O–H groups in total. The van der Waals surface area contributed by atoms with Crippen LogP contribution in [0.1, 0.15) is 26.2 Å². The topological polar surface area (TPSA) is 92.5 Å². The van der Waals surface area contributed by atoms with Crippen LogP contribution in [-0.4, -0.2) is 51.2 Å². The molecule has 1 saturated heterocycles. The van der Waals surface area contributed by atoms with Crippen molar-refractivity contribution in [3.8, 4) is 0 Å². The Hall–Kier alpha value is -0.660. The molecule has 1 aliphatic rings. The van der Waals surface area contributed by atoms with Gasteiger partial charge in [-0.1, -0.05) is 6.92 Å². The summed E-state index contributed by atoms with van der Waals surface area (Å²) < 4.78 is 24.6. The van der Waals surface area contributed by atoms with E-state index in [9.17, 15) is 13.2 Å². The summed E-state index contributed by atoms with van der Waals surface area (Å²) in [7, 11) is -3.16. The maximum absolute atomic E-state index is 11.9. The molecule has 106 valence electrons. The van der Waals surface area contributed by atoms with E-state index < -0.39 is 16.1 Å². The van der Waals surface area contributed by atoms with Crippen molar-refractivity contribution in [2.75, 3.05) is 25.9 Å². The minimum absolute atomic E-state index is 0.0263. The van der Waals surface area contributed by atoms with Crippen LogP contribution in [0.15, 0.2) is 0 Å². The number of rotatable bonds is 5. The van der Waals surface area contributed by atoms with E-state index in [4.69, 9.17) is 5.73 Å². The minimum Gasteiger partial charge on any atom is -0.341 e. The van der Waals surface area contributed by atoms with Crippen LogP contribution in [0.4, 0.5) is 0 Å². The van der Waals surface area contributed by atoms with Crippen LogP contribution in [0.3, 0.4) is 0 Å². The summed E-state index contributed by atoms with van der Waals surface area (Å²) in [6, 6.07) is -0.438. The molecule has 7 heteroatoms. The summed E-state index contributed by atoms with van der Waals surface area (Å²) in [5.41, 5.74) is 5.73. The summed E-state index contributed by atoms with van der Waals surface area (Å²) in [5, 5.41) is 0. The summed E-state index contributed by atoms with van der Waals surface area (Å²) in [5.74, 6) is 0.156. The fourth-order valence-electron chi connectivity index (χ4n) is 2.11. The SMILES string of the molecule is CC[C@H](N)C(=O)N1CCCC(CNS(C)(=O)=O)C1. The largest absolute Gasteiger partial charge is 0.341 e. The van der Waals surface area contributed by atoms with E-state index in [1.165, 1.54) is 0 Å². The number of hydrogen-bond donors (Lipinski definition) is 2. The molecule has 0 aromatic rings. The second kappa shape index (κ2) is 6.49. The highest BCUT2D eigenvalue weighted by atomic mass is 32.2. The maximum Gasteiger partial charge on any atom is 0.239 e. The van der Waals surface area contributed by atoms with Crippen LogP contribution < -0.4 is 10.5 Å². The molecule has 0 bridgehead atoms. The van der Waals surface area contributed by atoms with E-state index in [0.29, 0.717) is 19.5 Å². The Balaban J connectivity index is 2.48. The fraction of sp³-hybridized carbons (Fsp3) is 0.909. The maximum atomic E-state index is 11.9. The van der Waals surface area contributed by atoms with Gasteiger partial charge in [-0.2, -0.15) is 0 Å². The van der Waals surface area contributed by atoms with Gasteiger partial charge in [0.25, 0.3) is 0 Å². The molecule has 2 atom stereocenters. The number of amides is 1. The molecular weight excluding hydrogens is 254 g/mol. The van der Waals surface area contributed by atoms with Gasteiger partial charge in [-0.15, -0.1) is 0 Å². The number of nitrogens with zero attached hydrogens (tertiary/aromatic N) is 1. The van der Waals surface area contributed by atoms with Crippen LogP contribution in [0, 0.1) is 5.92 Å². The third-order valence-electron chi connectivity index (χ3n) is 3.22. The molecule has 0 aromatic heterocycles. The smallest absolute Gasteiger partial charge is 0.239 e. The molecule has 1 amide bonds. The Kier molecular flexibility index (Phi) is 5.55. The summed E-state index contributed by atoms with van der Waals surface area (Å²) in [4.78, 5) is 13.7. The van der Waals surface area contributed by atoms with Gasteiger partial charge in [0.15, 0.2) is 0 Å². The van der Waals surface area contributed by atoms with Crippen molar-refractivity contribution in [1.29, 1.82) is 0 Å². The van der Waals surface area contributed by atoms with Crippen molar-refractivity contribution < 1.29 is 13.2 Å². The Morgan fingerprint density at radius 2 is 2.22 bits per heavy atom. The molecule has 0 radical (unpaired) electrons. The van der Waals surface area contributed by atoms with Crippen LogP contribution >= 0.6 is 0 Å². The van der Waals surface area contributed by atoms with Crippen molar-refractivity contribution in [3.63, 3.8) is 0 Å². The first-order valence-corrected chi connectivity index (χ1v) is 8.21. The number of hydrogen-bond acceptors (Lipinski definition) is 4. The Bertz CT molecular complexity index is 383. The molecule has 0 aliphatic carbocycles. The van der Waals surface area contributed by atoms with E-state index in [1.807, 2.05) is 6.92 Å². The number of carbonyl (C=O) groups is 1.